The highest BCUT2D eigenvalue weighted by Crippen LogP contribution is 2.31. The van der Waals surface area contributed by atoms with Gasteiger partial charge in [-0.15, -0.1) is 0 Å². The molecule has 0 atom stereocenters. The molecule has 1 saturated carbocycles. The second kappa shape index (κ2) is 4.32. The normalized spacial score (nSPS) is 15.9. The number of hydrogen-bond acceptors (Lipinski definition) is 1. The quantitative estimate of drug-likeness (QED) is 0.716. The first-order valence-electron chi connectivity index (χ1n) is 5.57. The summed E-state index contributed by atoms with van der Waals surface area (Å²) in [7, 11) is 0. The molecule has 0 heterocycles. The monoisotopic (exact) mass is 224 g/mol. The molecular weight excluding hydrogens is 210 g/mol. The summed E-state index contributed by atoms with van der Waals surface area (Å²) in [5.41, 5.74) is 0.132. The first-order valence-corrected chi connectivity index (χ1v) is 5.57. The third-order valence-electron chi connectivity index (χ3n) is 3.27. The maximum absolute atomic E-state index is 13.5. The molecule has 1 aliphatic carbocycles. The van der Waals surface area contributed by atoms with Crippen molar-refractivity contribution in [2.24, 2.45) is 5.92 Å². The average Bonchev–Trinajstić information content (AvgIpc) is 2.20. The highest BCUT2D eigenvalue weighted by Gasteiger charge is 2.24. The van der Waals surface area contributed by atoms with E-state index in [0.717, 1.165) is 19.3 Å². The molecule has 2 rings (SSSR count). The van der Waals surface area contributed by atoms with Gasteiger partial charge in [0.25, 0.3) is 0 Å². The average molecular weight is 224 g/mol. The van der Waals surface area contributed by atoms with Gasteiger partial charge in [0.05, 0.1) is 5.56 Å². The third-order valence-corrected chi connectivity index (χ3v) is 3.27. The molecule has 0 amide bonds. The maximum Gasteiger partial charge on any atom is 0.169 e. The molecule has 1 aromatic carbocycles. The van der Waals surface area contributed by atoms with Crippen molar-refractivity contribution >= 4 is 5.78 Å². The van der Waals surface area contributed by atoms with E-state index in [-0.39, 0.29) is 16.9 Å². The van der Waals surface area contributed by atoms with E-state index in [0.29, 0.717) is 12.3 Å². The molecule has 0 N–H and O–H groups in total. The Balaban J connectivity index is 2.19. The highest BCUT2D eigenvalue weighted by molar-refractivity contribution is 5.96. The summed E-state index contributed by atoms with van der Waals surface area (Å²) < 4.78 is 26.7. The Morgan fingerprint density at radius 2 is 2.00 bits per heavy atom. The Morgan fingerprint density at radius 1 is 1.31 bits per heavy atom. The molecule has 0 unspecified atom stereocenters. The van der Waals surface area contributed by atoms with E-state index in [1.165, 1.54) is 19.1 Å². The van der Waals surface area contributed by atoms with Crippen molar-refractivity contribution in [1.82, 2.24) is 0 Å². The molecule has 16 heavy (non-hydrogen) atoms. The van der Waals surface area contributed by atoms with Gasteiger partial charge in [0, 0.05) is 6.42 Å². The van der Waals surface area contributed by atoms with E-state index in [1.54, 1.807) is 0 Å². The van der Waals surface area contributed by atoms with Gasteiger partial charge in [-0.25, -0.2) is 8.78 Å². The van der Waals surface area contributed by atoms with Crippen molar-refractivity contribution in [3.63, 3.8) is 0 Å². The first-order chi connectivity index (χ1) is 7.59. The van der Waals surface area contributed by atoms with Crippen LogP contribution in [0.2, 0.25) is 0 Å². The van der Waals surface area contributed by atoms with Crippen LogP contribution in [0.5, 0.6) is 0 Å². The fourth-order valence-electron chi connectivity index (χ4n) is 1.93. The molecular formula is C13H14F2O. The van der Waals surface area contributed by atoms with Crippen LogP contribution < -0.4 is 0 Å². The largest absolute Gasteiger partial charge is 0.294 e. The van der Waals surface area contributed by atoms with Crippen LogP contribution in [-0.2, 0) is 0 Å². The second-order valence-electron chi connectivity index (χ2n) is 4.48. The molecule has 1 nitrogen and oxygen atoms in total. The molecule has 1 aliphatic rings. The maximum atomic E-state index is 13.5. The van der Waals surface area contributed by atoms with Crippen molar-refractivity contribution in [1.29, 1.82) is 0 Å². The number of hydrogen-bond donors (Lipinski definition) is 0. The Morgan fingerprint density at radius 3 is 2.56 bits per heavy atom. The van der Waals surface area contributed by atoms with Gasteiger partial charge in [-0.3, -0.25) is 4.79 Å². The first kappa shape index (κ1) is 11.2. The molecule has 86 valence electrons. The van der Waals surface area contributed by atoms with Gasteiger partial charge in [0.15, 0.2) is 17.4 Å². The molecule has 1 aromatic rings. The number of Topliss-reactive ketones (excluding diaryl/α,β-unsaturated/α-hetero) is 1. The van der Waals surface area contributed by atoms with Gasteiger partial charge in [0.1, 0.15) is 0 Å². The van der Waals surface area contributed by atoms with Gasteiger partial charge in [-0.1, -0.05) is 25.3 Å². The van der Waals surface area contributed by atoms with Crippen molar-refractivity contribution in [2.45, 2.75) is 32.6 Å². The number of aryl methyl sites for hydroxylation is 1. The third kappa shape index (κ3) is 1.99. The van der Waals surface area contributed by atoms with Crippen LogP contribution in [0.15, 0.2) is 12.1 Å². The van der Waals surface area contributed by atoms with Crippen molar-refractivity contribution in [3.05, 3.63) is 34.9 Å². The summed E-state index contributed by atoms with van der Waals surface area (Å²) in [4.78, 5) is 11.7. The molecule has 3 heteroatoms. The molecule has 0 bridgehead atoms. The van der Waals surface area contributed by atoms with E-state index < -0.39 is 11.6 Å². The Bertz CT molecular complexity index is 422. The van der Waals surface area contributed by atoms with Gasteiger partial charge in [0.2, 0.25) is 0 Å². The zero-order valence-electron chi connectivity index (χ0n) is 9.22. The molecule has 1 fully saturated rings. The zero-order chi connectivity index (χ0) is 11.7. The summed E-state index contributed by atoms with van der Waals surface area (Å²) in [5.74, 6) is -1.80. The lowest BCUT2D eigenvalue weighted by atomic mass is 9.81. The van der Waals surface area contributed by atoms with Gasteiger partial charge < -0.3 is 0 Å². The minimum absolute atomic E-state index is 0.102. The number of benzene rings is 1. The fourth-order valence-corrected chi connectivity index (χ4v) is 1.93. The summed E-state index contributed by atoms with van der Waals surface area (Å²) in [6, 6.07) is 2.83. The summed E-state index contributed by atoms with van der Waals surface area (Å²) >= 11 is 0. The minimum Gasteiger partial charge on any atom is -0.294 e. The smallest absolute Gasteiger partial charge is 0.169 e. The van der Waals surface area contributed by atoms with Crippen LogP contribution >= 0.6 is 0 Å². The van der Waals surface area contributed by atoms with Gasteiger partial charge in [-0.05, 0) is 24.5 Å². The number of halogens is 2. The topological polar surface area (TPSA) is 17.1 Å². The minimum atomic E-state index is -0.996. The number of carbonyl (C=O) groups is 1. The van der Waals surface area contributed by atoms with Crippen LogP contribution in [0.4, 0.5) is 8.78 Å². The van der Waals surface area contributed by atoms with E-state index in [1.807, 2.05) is 0 Å². The van der Waals surface area contributed by atoms with Crippen LogP contribution in [0.25, 0.3) is 0 Å². The van der Waals surface area contributed by atoms with Crippen LogP contribution in [0, 0.1) is 24.5 Å². The molecule has 0 spiro atoms. The summed E-state index contributed by atoms with van der Waals surface area (Å²) in [5, 5.41) is 0. The van der Waals surface area contributed by atoms with Crippen LogP contribution in [0.1, 0.15) is 41.6 Å². The summed E-state index contributed by atoms with van der Waals surface area (Å²) in [6.45, 7) is 1.48. The predicted molar refractivity (Wildman–Crippen MR) is 57.4 cm³/mol. The van der Waals surface area contributed by atoms with Gasteiger partial charge >= 0.3 is 0 Å². The lowest BCUT2D eigenvalue weighted by Gasteiger charge is -2.24. The standard InChI is InChI=1S/C13H14F2O/c1-8-5-6-10(13(15)12(8)14)11(16)7-9-3-2-4-9/h5-6,9H,2-4,7H2,1H3. The lowest BCUT2D eigenvalue weighted by Crippen LogP contribution is -2.17. The second-order valence-corrected chi connectivity index (χ2v) is 4.48. The van der Waals surface area contributed by atoms with E-state index in [2.05, 4.69) is 0 Å². The van der Waals surface area contributed by atoms with E-state index in [4.69, 9.17) is 0 Å². The molecule has 0 radical (unpaired) electrons. The van der Waals surface area contributed by atoms with Crippen LogP contribution in [-0.4, -0.2) is 5.78 Å². The fraction of sp³-hybridized carbons (Fsp3) is 0.462. The Kier molecular flexibility index (Phi) is 3.03. The number of ketones is 1. The van der Waals surface area contributed by atoms with Crippen molar-refractivity contribution in [3.8, 4) is 0 Å². The molecule has 0 saturated heterocycles. The van der Waals surface area contributed by atoms with Gasteiger partial charge in [-0.2, -0.15) is 0 Å². The SMILES string of the molecule is Cc1ccc(C(=O)CC2CCC2)c(F)c1F. The number of rotatable bonds is 3. The lowest BCUT2D eigenvalue weighted by molar-refractivity contribution is 0.0931. The van der Waals surface area contributed by atoms with Crippen molar-refractivity contribution < 1.29 is 13.6 Å². The predicted octanol–water partition coefficient (Wildman–Crippen LogP) is 3.65. The van der Waals surface area contributed by atoms with Crippen molar-refractivity contribution in [2.75, 3.05) is 0 Å². The van der Waals surface area contributed by atoms with Crippen LogP contribution in [0.3, 0.4) is 0 Å². The summed E-state index contributed by atoms with van der Waals surface area (Å²) in [6.07, 6.45) is 3.55. The highest BCUT2D eigenvalue weighted by atomic mass is 19.2. The number of carbonyl (C=O) groups excluding carboxylic acids is 1. The zero-order valence-corrected chi connectivity index (χ0v) is 9.22. The molecule has 0 aromatic heterocycles. The van der Waals surface area contributed by atoms with E-state index >= 15 is 0 Å². The Labute approximate surface area is 93.5 Å². The molecule has 0 aliphatic heterocycles. The van der Waals surface area contributed by atoms with E-state index in [9.17, 15) is 13.6 Å². The Hall–Kier alpha value is -1.25.